The van der Waals surface area contributed by atoms with Crippen molar-refractivity contribution in [2.24, 2.45) is 17.8 Å². The van der Waals surface area contributed by atoms with Crippen LogP contribution in [0.25, 0.3) is 22.3 Å². The van der Waals surface area contributed by atoms with Gasteiger partial charge in [0.05, 0.1) is 0 Å². The van der Waals surface area contributed by atoms with Gasteiger partial charge in [-0.15, -0.1) is 0 Å². The third-order valence-corrected chi connectivity index (χ3v) is 8.33. The van der Waals surface area contributed by atoms with Crippen molar-refractivity contribution in [3.05, 3.63) is 83.4 Å². The van der Waals surface area contributed by atoms with E-state index in [9.17, 15) is 9.59 Å². The van der Waals surface area contributed by atoms with E-state index >= 15 is 0 Å². The molecule has 4 unspecified atom stereocenters. The van der Waals surface area contributed by atoms with Gasteiger partial charge < -0.3 is 10.6 Å². The van der Waals surface area contributed by atoms with Crippen molar-refractivity contribution in [2.45, 2.75) is 53.4 Å². The Morgan fingerprint density at radius 1 is 0.703 bits per heavy atom. The number of amides is 2. The smallest absolute Gasteiger partial charge is 0.221 e. The molecule has 3 aromatic rings. The number of hydrogen-bond acceptors (Lipinski definition) is 2. The van der Waals surface area contributed by atoms with E-state index in [1.165, 1.54) is 52.8 Å². The van der Waals surface area contributed by atoms with Gasteiger partial charge in [0, 0.05) is 31.1 Å². The predicted octanol–water partition coefficient (Wildman–Crippen LogP) is 7.99. The van der Waals surface area contributed by atoms with Crippen LogP contribution >= 0.6 is 0 Å². The Bertz CT molecular complexity index is 1380. The van der Waals surface area contributed by atoms with Crippen LogP contribution in [-0.4, -0.2) is 11.8 Å². The van der Waals surface area contributed by atoms with Crippen LogP contribution in [-0.2, 0) is 9.59 Å². The molecule has 0 heterocycles. The summed E-state index contributed by atoms with van der Waals surface area (Å²) < 4.78 is 0. The topological polar surface area (TPSA) is 58.2 Å². The summed E-state index contributed by atoms with van der Waals surface area (Å²) in [6, 6.07) is 21.0. The number of fused-ring (bicyclic) bond motifs is 3. The van der Waals surface area contributed by atoms with Crippen LogP contribution in [0.5, 0.6) is 0 Å². The number of nitrogens with one attached hydrogen (secondary N) is 2. The van der Waals surface area contributed by atoms with Crippen LogP contribution in [0, 0.1) is 17.8 Å². The fourth-order valence-electron chi connectivity index (χ4n) is 6.35. The van der Waals surface area contributed by atoms with Gasteiger partial charge in [-0.1, -0.05) is 68.8 Å². The average molecular weight is 493 g/mol. The van der Waals surface area contributed by atoms with Crippen LogP contribution < -0.4 is 10.6 Å². The molecule has 5 rings (SSSR count). The highest BCUT2D eigenvalue weighted by Gasteiger charge is 2.49. The lowest BCUT2D eigenvalue weighted by Crippen LogP contribution is -2.26. The van der Waals surface area contributed by atoms with Gasteiger partial charge in [0.1, 0.15) is 0 Å². The third kappa shape index (κ3) is 4.50. The number of carbonyl (C=O) groups excluding carboxylic acids is 2. The number of carbonyl (C=O) groups is 2. The predicted molar refractivity (Wildman–Crippen MR) is 153 cm³/mol. The van der Waals surface area contributed by atoms with Gasteiger partial charge in [0.2, 0.25) is 11.8 Å². The largest absolute Gasteiger partial charge is 0.326 e. The second-order valence-corrected chi connectivity index (χ2v) is 11.1. The SMILES string of the molecule is CC(=O)Nc1ccc(-c2ccc(-c3ccc(NC(C)=O)cc3)c3c2C2C(C)=CC2C3C(C)C(C)C)cc1. The molecule has 0 aliphatic heterocycles. The summed E-state index contributed by atoms with van der Waals surface area (Å²) in [7, 11) is 0. The van der Waals surface area contributed by atoms with Crippen LogP contribution in [0.15, 0.2) is 72.3 Å². The summed E-state index contributed by atoms with van der Waals surface area (Å²) in [6.07, 6.45) is 2.49. The number of anilines is 2. The van der Waals surface area contributed by atoms with Gasteiger partial charge >= 0.3 is 0 Å². The Balaban J connectivity index is 1.67. The Hall–Kier alpha value is -3.66. The molecule has 37 heavy (non-hydrogen) atoms. The minimum atomic E-state index is -0.0638. The third-order valence-electron chi connectivity index (χ3n) is 8.33. The first-order valence-corrected chi connectivity index (χ1v) is 13.3. The second kappa shape index (κ2) is 9.66. The lowest BCUT2D eigenvalue weighted by molar-refractivity contribution is -0.115. The van der Waals surface area contributed by atoms with Gasteiger partial charge in [-0.3, -0.25) is 9.59 Å². The molecule has 0 radical (unpaired) electrons. The minimum absolute atomic E-state index is 0.0635. The molecule has 2 aliphatic rings. The molecule has 2 aliphatic carbocycles. The second-order valence-electron chi connectivity index (χ2n) is 11.1. The summed E-state index contributed by atoms with van der Waals surface area (Å²) in [4.78, 5) is 23.0. The molecule has 0 saturated carbocycles. The zero-order valence-corrected chi connectivity index (χ0v) is 22.6. The maximum Gasteiger partial charge on any atom is 0.221 e. The fraction of sp³-hybridized carbons (Fsp3) is 0.333. The highest BCUT2D eigenvalue weighted by Crippen LogP contribution is 2.63. The van der Waals surface area contributed by atoms with E-state index in [4.69, 9.17) is 0 Å². The lowest BCUT2D eigenvalue weighted by Gasteiger charge is -2.36. The van der Waals surface area contributed by atoms with Gasteiger partial charge in [0.25, 0.3) is 0 Å². The lowest BCUT2D eigenvalue weighted by atomic mass is 9.67. The van der Waals surface area contributed by atoms with Crippen LogP contribution in [0.2, 0.25) is 0 Å². The normalized spacial score (nSPS) is 20.4. The molecule has 0 bridgehead atoms. The minimum Gasteiger partial charge on any atom is -0.326 e. The highest BCUT2D eigenvalue weighted by molar-refractivity contribution is 5.90. The van der Waals surface area contributed by atoms with Crippen LogP contribution in [0.1, 0.15) is 64.5 Å². The van der Waals surface area contributed by atoms with E-state index in [-0.39, 0.29) is 11.8 Å². The summed E-state index contributed by atoms with van der Waals surface area (Å²) in [5.41, 5.74) is 10.9. The maximum absolute atomic E-state index is 11.5. The monoisotopic (exact) mass is 492 g/mol. The maximum atomic E-state index is 11.5. The molecule has 0 fully saturated rings. The Kier molecular flexibility index (Phi) is 6.53. The molecule has 4 nitrogen and oxygen atoms in total. The van der Waals surface area contributed by atoms with E-state index in [1.54, 1.807) is 0 Å². The molecule has 0 spiro atoms. The fourth-order valence-corrected chi connectivity index (χ4v) is 6.35. The zero-order chi connectivity index (χ0) is 26.4. The van der Waals surface area contributed by atoms with E-state index < -0.39 is 0 Å². The average Bonchev–Trinajstić information content (AvgIpc) is 3.12. The van der Waals surface area contributed by atoms with E-state index in [1.807, 2.05) is 24.3 Å². The molecule has 0 aromatic heterocycles. The first kappa shape index (κ1) is 25.0. The first-order chi connectivity index (χ1) is 17.7. The molecule has 0 saturated heterocycles. The summed E-state index contributed by atoms with van der Waals surface area (Å²) in [6.45, 7) is 12.4. The zero-order valence-electron chi connectivity index (χ0n) is 22.6. The summed E-state index contributed by atoms with van der Waals surface area (Å²) >= 11 is 0. The quantitative estimate of drug-likeness (QED) is 0.343. The molecule has 4 heteroatoms. The van der Waals surface area contributed by atoms with E-state index in [0.29, 0.717) is 29.6 Å². The number of hydrogen-bond donors (Lipinski definition) is 2. The Morgan fingerprint density at radius 3 is 1.57 bits per heavy atom. The van der Waals surface area contributed by atoms with Crippen molar-refractivity contribution >= 4 is 23.2 Å². The standard InChI is InChI=1S/C33H36N2O2/c1-18(2)20(4)31-29-17-19(3)30(29)32-27(23-7-11-25(12-8-23)34-21(5)36)15-16-28(33(31)32)24-9-13-26(14-10-24)35-22(6)37/h7-18,20,29-31H,1-6H3,(H,34,36)(H,35,37). The van der Waals surface area contributed by atoms with Crippen molar-refractivity contribution < 1.29 is 9.59 Å². The molecular formula is C33H36N2O2. The van der Waals surface area contributed by atoms with E-state index in [2.05, 4.69) is 80.8 Å². The van der Waals surface area contributed by atoms with Crippen molar-refractivity contribution in [2.75, 3.05) is 10.6 Å². The number of benzene rings is 3. The number of rotatable bonds is 6. The molecule has 2 amide bonds. The van der Waals surface area contributed by atoms with Crippen molar-refractivity contribution in [3.63, 3.8) is 0 Å². The summed E-state index contributed by atoms with van der Waals surface area (Å²) in [5, 5.41) is 5.76. The molecule has 3 aromatic carbocycles. The molecule has 190 valence electrons. The van der Waals surface area contributed by atoms with Crippen LogP contribution in [0.3, 0.4) is 0 Å². The Morgan fingerprint density at radius 2 is 1.16 bits per heavy atom. The van der Waals surface area contributed by atoms with Gasteiger partial charge in [-0.2, -0.15) is 0 Å². The van der Waals surface area contributed by atoms with Crippen LogP contribution in [0.4, 0.5) is 11.4 Å². The first-order valence-electron chi connectivity index (χ1n) is 13.3. The molecular weight excluding hydrogens is 456 g/mol. The summed E-state index contributed by atoms with van der Waals surface area (Å²) in [5.74, 6) is 2.38. The van der Waals surface area contributed by atoms with Gasteiger partial charge in [-0.25, -0.2) is 0 Å². The molecule has 4 atom stereocenters. The van der Waals surface area contributed by atoms with E-state index in [0.717, 1.165) is 11.4 Å². The highest BCUT2D eigenvalue weighted by atomic mass is 16.2. The number of allylic oxidation sites excluding steroid dienone is 2. The van der Waals surface area contributed by atoms with Crippen molar-refractivity contribution in [1.82, 2.24) is 0 Å². The van der Waals surface area contributed by atoms with Crippen molar-refractivity contribution in [3.8, 4) is 22.3 Å². The Labute approximate surface area is 220 Å². The van der Waals surface area contributed by atoms with Gasteiger partial charge in [0.15, 0.2) is 0 Å². The van der Waals surface area contributed by atoms with Gasteiger partial charge in [-0.05, 0) is 88.2 Å². The van der Waals surface area contributed by atoms with Crippen molar-refractivity contribution in [1.29, 1.82) is 0 Å². The molecule has 2 N–H and O–H groups in total.